The summed E-state index contributed by atoms with van der Waals surface area (Å²) < 4.78 is 0. The summed E-state index contributed by atoms with van der Waals surface area (Å²) in [6, 6.07) is 18.0. The molecule has 0 spiro atoms. The van der Waals surface area contributed by atoms with Gasteiger partial charge in [-0.2, -0.15) is 0 Å². The van der Waals surface area contributed by atoms with E-state index >= 15 is 0 Å². The van der Waals surface area contributed by atoms with E-state index in [1.165, 1.54) is 11.1 Å². The zero-order chi connectivity index (χ0) is 17.4. The Morgan fingerprint density at radius 1 is 0.960 bits per heavy atom. The molecule has 2 bridgehead atoms. The fourth-order valence-corrected chi connectivity index (χ4v) is 4.35. The van der Waals surface area contributed by atoms with Gasteiger partial charge in [-0.1, -0.05) is 54.6 Å². The van der Waals surface area contributed by atoms with E-state index in [0.717, 1.165) is 18.4 Å². The van der Waals surface area contributed by atoms with E-state index in [9.17, 15) is 14.7 Å². The van der Waals surface area contributed by atoms with Crippen LogP contribution in [0.3, 0.4) is 0 Å². The Morgan fingerprint density at radius 3 is 2.08 bits per heavy atom. The second-order valence-corrected chi connectivity index (χ2v) is 6.97. The Balaban J connectivity index is 1.51. The van der Waals surface area contributed by atoms with E-state index in [1.807, 2.05) is 47.4 Å². The molecule has 4 nitrogen and oxygen atoms in total. The van der Waals surface area contributed by atoms with Crippen LogP contribution < -0.4 is 0 Å². The van der Waals surface area contributed by atoms with Crippen molar-refractivity contribution in [2.45, 2.75) is 37.8 Å². The summed E-state index contributed by atoms with van der Waals surface area (Å²) in [6.45, 7) is 0. The third-order valence-electron chi connectivity index (χ3n) is 5.48. The monoisotopic (exact) mass is 335 g/mol. The van der Waals surface area contributed by atoms with Gasteiger partial charge in [0.2, 0.25) is 5.91 Å². The number of fused-ring (bicyclic) bond motifs is 5. The zero-order valence-corrected chi connectivity index (χ0v) is 14.0. The van der Waals surface area contributed by atoms with Gasteiger partial charge in [0, 0.05) is 6.42 Å². The highest BCUT2D eigenvalue weighted by atomic mass is 16.4. The minimum absolute atomic E-state index is 0.0352. The van der Waals surface area contributed by atoms with E-state index in [2.05, 4.69) is 12.1 Å². The molecule has 4 rings (SSSR count). The lowest BCUT2D eigenvalue weighted by Gasteiger charge is -2.24. The second-order valence-electron chi connectivity index (χ2n) is 6.97. The molecule has 2 aliphatic heterocycles. The summed E-state index contributed by atoms with van der Waals surface area (Å²) in [6.07, 6.45) is 2.40. The molecule has 0 aromatic heterocycles. The maximum absolute atomic E-state index is 12.9. The van der Waals surface area contributed by atoms with E-state index in [4.69, 9.17) is 0 Å². The standard InChI is InChI=1S/C21H21NO3/c23-20(13-15(21(24)25)12-14-6-2-1-3-7-14)22-18-10-11-19(22)17-9-5-4-8-16(17)18/h1-9,15,18-19H,10-13H2,(H,24,25)/t15?,18-,19+. The van der Waals surface area contributed by atoms with Gasteiger partial charge in [0.15, 0.2) is 0 Å². The third-order valence-corrected chi connectivity index (χ3v) is 5.48. The summed E-state index contributed by atoms with van der Waals surface area (Å²) in [5.41, 5.74) is 3.43. The molecule has 0 saturated carbocycles. The number of amides is 1. The van der Waals surface area contributed by atoms with Crippen molar-refractivity contribution in [3.8, 4) is 0 Å². The van der Waals surface area contributed by atoms with Crippen molar-refractivity contribution >= 4 is 11.9 Å². The molecule has 128 valence electrons. The van der Waals surface area contributed by atoms with Crippen molar-refractivity contribution in [3.63, 3.8) is 0 Å². The van der Waals surface area contributed by atoms with Crippen molar-refractivity contribution in [2.24, 2.45) is 5.92 Å². The number of carboxylic acids is 1. The number of carbonyl (C=O) groups excluding carboxylic acids is 1. The fraction of sp³-hybridized carbons (Fsp3) is 0.333. The first-order chi connectivity index (χ1) is 12.1. The van der Waals surface area contributed by atoms with Gasteiger partial charge in [-0.05, 0) is 36.0 Å². The summed E-state index contributed by atoms with van der Waals surface area (Å²) in [5.74, 6) is -1.62. The van der Waals surface area contributed by atoms with Crippen LogP contribution in [-0.4, -0.2) is 21.9 Å². The van der Waals surface area contributed by atoms with Gasteiger partial charge < -0.3 is 10.0 Å². The number of carbonyl (C=O) groups is 2. The third kappa shape index (κ3) is 2.82. The number of hydrogen-bond acceptors (Lipinski definition) is 2. The maximum atomic E-state index is 12.9. The number of carboxylic acid groups (broad SMARTS) is 1. The molecule has 1 saturated heterocycles. The Bertz CT molecular complexity index is 771. The summed E-state index contributed by atoms with van der Waals surface area (Å²) in [4.78, 5) is 26.6. The van der Waals surface area contributed by atoms with Crippen molar-refractivity contribution in [1.29, 1.82) is 0 Å². The maximum Gasteiger partial charge on any atom is 0.307 e. The normalized spacial score (nSPS) is 21.8. The first-order valence-electron chi connectivity index (χ1n) is 8.82. The van der Waals surface area contributed by atoms with Gasteiger partial charge in [-0.3, -0.25) is 9.59 Å². The van der Waals surface area contributed by atoms with Crippen molar-refractivity contribution < 1.29 is 14.7 Å². The quantitative estimate of drug-likeness (QED) is 0.905. The highest BCUT2D eigenvalue weighted by molar-refractivity contribution is 5.84. The first-order valence-corrected chi connectivity index (χ1v) is 8.82. The summed E-state index contributed by atoms with van der Waals surface area (Å²) in [7, 11) is 0. The Kier molecular flexibility index (Phi) is 4.04. The minimum atomic E-state index is -0.902. The van der Waals surface area contributed by atoms with E-state index in [1.54, 1.807) is 0 Å². The molecule has 1 unspecified atom stereocenters. The Labute approximate surface area is 147 Å². The smallest absolute Gasteiger partial charge is 0.307 e. The van der Waals surface area contributed by atoms with E-state index < -0.39 is 11.9 Å². The van der Waals surface area contributed by atoms with Crippen LogP contribution in [0.2, 0.25) is 0 Å². The van der Waals surface area contributed by atoms with Gasteiger partial charge in [-0.25, -0.2) is 0 Å². The average molecular weight is 335 g/mol. The van der Waals surface area contributed by atoms with Crippen LogP contribution in [0, 0.1) is 5.92 Å². The molecule has 2 heterocycles. The number of benzene rings is 2. The van der Waals surface area contributed by atoms with E-state index in [0.29, 0.717) is 6.42 Å². The van der Waals surface area contributed by atoms with Crippen LogP contribution in [0.4, 0.5) is 0 Å². The molecule has 0 radical (unpaired) electrons. The van der Waals surface area contributed by atoms with Gasteiger partial charge in [0.1, 0.15) is 0 Å². The van der Waals surface area contributed by atoms with Crippen molar-refractivity contribution in [2.75, 3.05) is 0 Å². The van der Waals surface area contributed by atoms with Crippen LogP contribution in [0.5, 0.6) is 0 Å². The minimum Gasteiger partial charge on any atom is -0.481 e. The molecule has 2 aliphatic rings. The molecule has 0 aliphatic carbocycles. The average Bonchev–Trinajstić information content (AvgIpc) is 3.19. The molecule has 2 aromatic rings. The largest absolute Gasteiger partial charge is 0.481 e. The lowest BCUT2D eigenvalue weighted by molar-refractivity contribution is -0.146. The molecular weight excluding hydrogens is 314 g/mol. The van der Waals surface area contributed by atoms with Crippen LogP contribution in [0.25, 0.3) is 0 Å². The van der Waals surface area contributed by atoms with Crippen LogP contribution in [0.1, 0.15) is 48.0 Å². The zero-order valence-electron chi connectivity index (χ0n) is 14.0. The van der Waals surface area contributed by atoms with E-state index in [-0.39, 0.29) is 24.4 Å². The van der Waals surface area contributed by atoms with Crippen molar-refractivity contribution in [1.82, 2.24) is 4.90 Å². The van der Waals surface area contributed by atoms with Crippen LogP contribution >= 0.6 is 0 Å². The van der Waals surface area contributed by atoms with Gasteiger partial charge in [0.25, 0.3) is 0 Å². The molecular formula is C21H21NO3. The van der Waals surface area contributed by atoms with Crippen LogP contribution in [-0.2, 0) is 16.0 Å². The number of rotatable bonds is 5. The van der Waals surface area contributed by atoms with Crippen molar-refractivity contribution in [3.05, 3.63) is 71.3 Å². The van der Waals surface area contributed by atoms with Gasteiger partial charge in [-0.15, -0.1) is 0 Å². The summed E-state index contributed by atoms with van der Waals surface area (Å²) in [5, 5.41) is 9.58. The molecule has 25 heavy (non-hydrogen) atoms. The topological polar surface area (TPSA) is 57.6 Å². The fourth-order valence-electron chi connectivity index (χ4n) is 4.35. The lowest BCUT2D eigenvalue weighted by Crippen LogP contribution is -2.32. The number of nitrogens with zero attached hydrogens (tertiary/aromatic N) is 1. The molecule has 1 N–H and O–H groups in total. The lowest BCUT2D eigenvalue weighted by atomic mass is 9.92. The van der Waals surface area contributed by atoms with Crippen LogP contribution in [0.15, 0.2) is 54.6 Å². The predicted octanol–water partition coefficient (Wildman–Crippen LogP) is 3.74. The van der Waals surface area contributed by atoms with Gasteiger partial charge in [0.05, 0.1) is 18.0 Å². The molecule has 2 aromatic carbocycles. The molecule has 1 fully saturated rings. The molecule has 4 heteroatoms. The molecule has 3 atom stereocenters. The first kappa shape index (κ1) is 15.9. The van der Waals surface area contributed by atoms with Gasteiger partial charge >= 0.3 is 5.97 Å². The number of hydrogen-bond donors (Lipinski definition) is 1. The number of aliphatic carboxylic acids is 1. The summed E-state index contributed by atoms with van der Waals surface area (Å²) >= 11 is 0. The highest BCUT2D eigenvalue weighted by Crippen LogP contribution is 2.53. The SMILES string of the molecule is O=C(O)C(CC(=O)N1[C@@H]2CC[C@H]1c1ccccc12)Cc1ccccc1. The second kappa shape index (κ2) is 6.36. The predicted molar refractivity (Wildman–Crippen MR) is 93.9 cm³/mol. The highest BCUT2D eigenvalue weighted by Gasteiger charge is 2.46. The Hall–Kier alpha value is -2.62. The molecule has 1 amide bonds. The Morgan fingerprint density at radius 2 is 1.52 bits per heavy atom.